The average Bonchev–Trinajstić information content (AvgIpc) is 2.65. The molecule has 0 saturated carbocycles. The number of benzene rings is 1. The molecule has 2 aromatic rings. The van der Waals surface area contributed by atoms with Crippen molar-refractivity contribution in [1.29, 1.82) is 0 Å². The fourth-order valence-corrected chi connectivity index (χ4v) is 1.85. The van der Waals surface area contributed by atoms with Crippen LogP contribution < -0.4 is 5.73 Å². The molecule has 0 saturated heterocycles. The van der Waals surface area contributed by atoms with Gasteiger partial charge in [0.05, 0.1) is 15.5 Å². The van der Waals surface area contributed by atoms with Crippen molar-refractivity contribution < 1.29 is 0 Å². The zero-order valence-corrected chi connectivity index (χ0v) is 10.6. The maximum atomic E-state index is 5.62. The highest BCUT2D eigenvalue weighted by atomic mass is 127. The molecule has 2 rings (SSSR count). The predicted molar refractivity (Wildman–Crippen MR) is 68.9 cm³/mol. The van der Waals surface area contributed by atoms with E-state index in [1.165, 1.54) is 5.56 Å². The minimum atomic E-state index is 0.561. The van der Waals surface area contributed by atoms with Crippen LogP contribution in [-0.2, 0) is 6.54 Å². The molecule has 1 heterocycles. The van der Waals surface area contributed by atoms with E-state index in [0.717, 1.165) is 14.8 Å². The molecule has 0 fully saturated rings. The monoisotopic (exact) mass is 313 g/mol. The molecule has 15 heavy (non-hydrogen) atoms. The zero-order chi connectivity index (χ0) is 10.8. The summed E-state index contributed by atoms with van der Waals surface area (Å²) >= 11 is 2.25. The molecule has 0 unspecified atom stereocenters. The molecule has 0 aliphatic heterocycles. The number of halogens is 1. The van der Waals surface area contributed by atoms with Gasteiger partial charge in [-0.3, -0.25) is 0 Å². The first kappa shape index (κ1) is 10.6. The van der Waals surface area contributed by atoms with Gasteiger partial charge in [-0.1, -0.05) is 12.1 Å². The first-order chi connectivity index (χ1) is 7.20. The molecule has 78 valence electrons. The topological polar surface area (TPSA) is 43.8 Å². The van der Waals surface area contributed by atoms with E-state index >= 15 is 0 Å². The lowest BCUT2D eigenvalue weighted by Gasteiger charge is -2.07. The maximum absolute atomic E-state index is 5.62. The van der Waals surface area contributed by atoms with Crippen molar-refractivity contribution in [2.45, 2.75) is 13.5 Å². The second-order valence-corrected chi connectivity index (χ2v) is 4.67. The van der Waals surface area contributed by atoms with Crippen molar-refractivity contribution >= 4 is 22.6 Å². The number of aromatic nitrogens is 2. The lowest BCUT2D eigenvalue weighted by molar-refractivity contribution is 0.868. The predicted octanol–water partition coefficient (Wildman–Crippen LogP) is 2.24. The fourth-order valence-electron chi connectivity index (χ4n) is 1.46. The Morgan fingerprint density at radius 3 is 2.87 bits per heavy atom. The quantitative estimate of drug-likeness (QED) is 0.864. The summed E-state index contributed by atoms with van der Waals surface area (Å²) in [6.07, 6.45) is 3.85. The van der Waals surface area contributed by atoms with Gasteiger partial charge in [0.15, 0.2) is 0 Å². The molecule has 0 radical (unpaired) electrons. The summed E-state index contributed by atoms with van der Waals surface area (Å²) in [5, 5.41) is 4.29. The molecule has 0 bridgehead atoms. The molecule has 0 spiro atoms. The van der Waals surface area contributed by atoms with Crippen LogP contribution >= 0.6 is 22.6 Å². The standard InChI is InChI=1S/C11H12IN3/c1-8-2-3-9(5-13)4-11(8)15-7-10(12)6-14-15/h2-4,6-7H,5,13H2,1H3. The Morgan fingerprint density at radius 1 is 1.47 bits per heavy atom. The highest BCUT2D eigenvalue weighted by molar-refractivity contribution is 14.1. The van der Waals surface area contributed by atoms with Crippen molar-refractivity contribution in [2.75, 3.05) is 0 Å². The zero-order valence-electron chi connectivity index (χ0n) is 8.44. The molecule has 1 aromatic heterocycles. The van der Waals surface area contributed by atoms with E-state index < -0.39 is 0 Å². The Balaban J connectivity index is 2.51. The van der Waals surface area contributed by atoms with Gasteiger partial charge >= 0.3 is 0 Å². The van der Waals surface area contributed by atoms with Gasteiger partial charge < -0.3 is 5.73 Å². The van der Waals surface area contributed by atoms with Crippen LogP contribution in [0.1, 0.15) is 11.1 Å². The van der Waals surface area contributed by atoms with Crippen LogP contribution in [0.15, 0.2) is 30.6 Å². The summed E-state index contributed by atoms with van der Waals surface area (Å²) in [7, 11) is 0. The van der Waals surface area contributed by atoms with Gasteiger partial charge in [0.2, 0.25) is 0 Å². The van der Waals surface area contributed by atoms with E-state index in [1.54, 1.807) is 0 Å². The summed E-state index contributed by atoms with van der Waals surface area (Å²) < 4.78 is 3.01. The van der Waals surface area contributed by atoms with Gasteiger partial charge in [0, 0.05) is 12.7 Å². The van der Waals surface area contributed by atoms with Crippen LogP contribution in [0.25, 0.3) is 5.69 Å². The summed E-state index contributed by atoms with van der Waals surface area (Å²) in [6.45, 7) is 2.63. The van der Waals surface area contributed by atoms with Gasteiger partial charge in [-0.25, -0.2) is 4.68 Å². The summed E-state index contributed by atoms with van der Waals surface area (Å²) in [5.41, 5.74) is 9.05. The van der Waals surface area contributed by atoms with E-state index in [1.807, 2.05) is 23.1 Å². The van der Waals surface area contributed by atoms with E-state index in [9.17, 15) is 0 Å². The number of hydrogen-bond acceptors (Lipinski definition) is 2. The van der Waals surface area contributed by atoms with Crippen molar-refractivity contribution in [3.8, 4) is 5.69 Å². The molecule has 0 aliphatic rings. The van der Waals surface area contributed by atoms with Gasteiger partial charge in [0.25, 0.3) is 0 Å². The third kappa shape index (κ3) is 2.21. The Kier molecular flexibility index (Phi) is 3.06. The Bertz CT molecular complexity index is 476. The molecule has 2 N–H and O–H groups in total. The van der Waals surface area contributed by atoms with Crippen molar-refractivity contribution in [3.63, 3.8) is 0 Å². The molecular weight excluding hydrogens is 301 g/mol. The minimum Gasteiger partial charge on any atom is -0.326 e. The Hall–Kier alpha value is -0.880. The number of aryl methyl sites for hydroxylation is 1. The second kappa shape index (κ2) is 4.32. The van der Waals surface area contributed by atoms with Crippen LogP contribution in [0.4, 0.5) is 0 Å². The van der Waals surface area contributed by atoms with Crippen LogP contribution in [0.5, 0.6) is 0 Å². The molecule has 3 nitrogen and oxygen atoms in total. The van der Waals surface area contributed by atoms with Crippen LogP contribution in [0.3, 0.4) is 0 Å². The SMILES string of the molecule is Cc1ccc(CN)cc1-n1cc(I)cn1. The van der Waals surface area contributed by atoms with Crippen molar-refractivity contribution in [2.24, 2.45) is 5.73 Å². The molecule has 1 aromatic carbocycles. The van der Waals surface area contributed by atoms with Crippen LogP contribution in [0, 0.1) is 10.5 Å². The van der Waals surface area contributed by atoms with Crippen molar-refractivity contribution in [3.05, 3.63) is 45.3 Å². The van der Waals surface area contributed by atoms with E-state index in [4.69, 9.17) is 5.73 Å². The first-order valence-corrected chi connectivity index (χ1v) is 5.78. The number of hydrogen-bond donors (Lipinski definition) is 1. The van der Waals surface area contributed by atoms with E-state index in [2.05, 4.69) is 46.7 Å². The summed E-state index contributed by atoms with van der Waals surface area (Å²) in [5.74, 6) is 0. The fraction of sp³-hybridized carbons (Fsp3) is 0.182. The normalized spacial score (nSPS) is 10.6. The Labute approximate surface area is 102 Å². The molecule has 0 aliphatic carbocycles. The largest absolute Gasteiger partial charge is 0.326 e. The van der Waals surface area contributed by atoms with Gasteiger partial charge in [-0.15, -0.1) is 0 Å². The van der Waals surface area contributed by atoms with Crippen molar-refractivity contribution in [1.82, 2.24) is 9.78 Å². The minimum absolute atomic E-state index is 0.561. The van der Waals surface area contributed by atoms with E-state index in [0.29, 0.717) is 6.54 Å². The summed E-state index contributed by atoms with van der Waals surface area (Å²) in [4.78, 5) is 0. The number of nitrogens with two attached hydrogens (primary N) is 1. The van der Waals surface area contributed by atoms with Gasteiger partial charge in [-0.2, -0.15) is 5.10 Å². The average molecular weight is 313 g/mol. The third-order valence-electron chi connectivity index (χ3n) is 2.31. The number of nitrogens with zero attached hydrogens (tertiary/aromatic N) is 2. The van der Waals surface area contributed by atoms with Gasteiger partial charge in [-0.05, 0) is 46.7 Å². The summed E-state index contributed by atoms with van der Waals surface area (Å²) in [6, 6.07) is 6.21. The lowest BCUT2D eigenvalue weighted by atomic mass is 10.1. The number of rotatable bonds is 2. The molecular formula is C11H12IN3. The molecule has 0 atom stereocenters. The van der Waals surface area contributed by atoms with Crippen LogP contribution in [0.2, 0.25) is 0 Å². The lowest BCUT2D eigenvalue weighted by Crippen LogP contribution is -2.01. The van der Waals surface area contributed by atoms with Crippen LogP contribution in [-0.4, -0.2) is 9.78 Å². The maximum Gasteiger partial charge on any atom is 0.0678 e. The molecule has 4 heteroatoms. The van der Waals surface area contributed by atoms with E-state index in [-0.39, 0.29) is 0 Å². The first-order valence-electron chi connectivity index (χ1n) is 4.71. The Morgan fingerprint density at radius 2 is 2.27 bits per heavy atom. The smallest absolute Gasteiger partial charge is 0.0678 e. The molecule has 0 amide bonds. The highest BCUT2D eigenvalue weighted by Crippen LogP contribution is 2.16. The second-order valence-electron chi connectivity index (χ2n) is 3.43. The third-order valence-corrected chi connectivity index (χ3v) is 2.86. The van der Waals surface area contributed by atoms with Gasteiger partial charge in [0.1, 0.15) is 0 Å². The highest BCUT2D eigenvalue weighted by Gasteiger charge is 2.03.